The third-order valence-corrected chi connectivity index (χ3v) is 3.06. The summed E-state index contributed by atoms with van der Waals surface area (Å²) in [6, 6.07) is 3.01. The molecule has 1 aromatic heterocycles. The first-order chi connectivity index (χ1) is 9.31. The van der Waals surface area contributed by atoms with Crippen molar-refractivity contribution >= 4 is 23.5 Å². The Labute approximate surface area is 119 Å². The summed E-state index contributed by atoms with van der Waals surface area (Å²) >= 11 is -0.167. The Morgan fingerprint density at radius 3 is 2.75 bits per heavy atom. The number of rotatable bonds is 6. The number of carbonyl (C=O) groups excluding carboxylic acids is 1. The fourth-order valence-electron chi connectivity index (χ4n) is 1.56. The van der Waals surface area contributed by atoms with Gasteiger partial charge in [0.05, 0.1) is 0 Å². The molecule has 1 rings (SSSR count). The van der Waals surface area contributed by atoms with Gasteiger partial charge in [-0.2, -0.15) is 13.2 Å². The van der Waals surface area contributed by atoms with Gasteiger partial charge in [0.2, 0.25) is 0 Å². The quantitative estimate of drug-likeness (QED) is 0.793. The Morgan fingerprint density at radius 2 is 2.15 bits per heavy atom. The molecule has 0 spiro atoms. The van der Waals surface area contributed by atoms with Crippen molar-refractivity contribution in [1.82, 2.24) is 10.3 Å². The third kappa shape index (κ3) is 6.14. The summed E-state index contributed by atoms with van der Waals surface area (Å²) in [5, 5.41) is 2.42. The number of anilines is 1. The standard InChI is InChI=1S/C12H16F3N3OS/c1-2-3-9-6-8(7-10(16)18-9)11(19)17-4-5-20-12(13,14)15/h6-7H,2-5H2,1H3,(H2,16,18)(H,17,19). The number of nitrogens with two attached hydrogens (primary N) is 1. The van der Waals surface area contributed by atoms with Crippen molar-refractivity contribution in [3.63, 3.8) is 0 Å². The monoisotopic (exact) mass is 307 g/mol. The number of amides is 1. The molecule has 8 heteroatoms. The molecule has 0 saturated carbocycles. The molecule has 0 radical (unpaired) electrons. The van der Waals surface area contributed by atoms with E-state index in [0.29, 0.717) is 17.7 Å². The summed E-state index contributed by atoms with van der Waals surface area (Å²) < 4.78 is 35.8. The molecule has 1 amide bonds. The SMILES string of the molecule is CCCc1cc(C(=O)NCCSC(F)(F)F)cc(N)n1. The molecule has 0 saturated heterocycles. The van der Waals surface area contributed by atoms with Gasteiger partial charge in [0.1, 0.15) is 5.82 Å². The van der Waals surface area contributed by atoms with E-state index < -0.39 is 11.4 Å². The lowest BCUT2D eigenvalue weighted by Gasteiger charge is -2.08. The van der Waals surface area contributed by atoms with Gasteiger partial charge in [-0.1, -0.05) is 13.3 Å². The molecule has 0 bridgehead atoms. The Hall–Kier alpha value is -1.44. The van der Waals surface area contributed by atoms with E-state index in [-0.39, 0.29) is 29.9 Å². The topological polar surface area (TPSA) is 68.0 Å². The zero-order valence-electron chi connectivity index (χ0n) is 11.0. The van der Waals surface area contributed by atoms with Crippen molar-refractivity contribution in [1.29, 1.82) is 0 Å². The number of alkyl halides is 3. The number of pyridine rings is 1. The lowest BCUT2D eigenvalue weighted by molar-refractivity contribution is -0.0327. The number of carbonyl (C=O) groups is 1. The summed E-state index contributed by atoms with van der Waals surface area (Å²) in [7, 11) is 0. The van der Waals surface area contributed by atoms with Gasteiger partial charge in [-0.15, -0.1) is 0 Å². The number of hydrogen-bond donors (Lipinski definition) is 2. The lowest BCUT2D eigenvalue weighted by Crippen LogP contribution is -2.26. The molecule has 0 unspecified atom stereocenters. The van der Waals surface area contributed by atoms with Crippen LogP contribution in [0.3, 0.4) is 0 Å². The maximum atomic E-state index is 11.9. The van der Waals surface area contributed by atoms with Crippen LogP contribution in [0.4, 0.5) is 19.0 Å². The van der Waals surface area contributed by atoms with Crippen LogP contribution in [0.2, 0.25) is 0 Å². The molecule has 1 aromatic rings. The number of thioether (sulfide) groups is 1. The minimum absolute atomic E-state index is 0.0612. The summed E-state index contributed by atoms with van der Waals surface area (Å²) in [6.07, 6.45) is 1.55. The molecule has 0 aliphatic carbocycles. The highest BCUT2D eigenvalue weighted by molar-refractivity contribution is 8.00. The summed E-state index contributed by atoms with van der Waals surface area (Å²) in [4.78, 5) is 15.9. The van der Waals surface area contributed by atoms with E-state index in [1.165, 1.54) is 6.07 Å². The highest BCUT2D eigenvalue weighted by atomic mass is 32.2. The fraction of sp³-hybridized carbons (Fsp3) is 0.500. The van der Waals surface area contributed by atoms with Crippen molar-refractivity contribution in [2.24, 2.45) is 0 Å². The molecule has 3 N–H and O–H groups in total. The second-order valence-corrected chi connectivity index (χ2v) is 5.23. The number of nitrogens with zero attached hydrogens (tertiary/aromatic N) is 1. The van der Waals surface area contributed by atoms with Crippen LogP contribution >= 0.6 is 11.8 Å². The van der Waals surface area contributed by atoms with E-state index in [4.69, 9.17) is 5.73 Å². The molecule has 0 aliphatic heterocycles. The maximum Gasteiger partial charge on any atom is 0.441 e. The van der Waals surface area contributed by atoms with Crippen molar-refractivity contribution in [3.8, 4) is 0 Å². The van der Waals surface area contributed by atoms with Gasteiger partial charge in [-0.05, 0) is 30.3 Å². The van der Waals surface area contributed by atoms with Crippen LogP contribution < -0.4 is 11.1 Å². The molecule has 0 atom stereocenters. The lowest BCUT2D eigenvalue weighted by atomic mass is 10.1. The van der Waals surface area contributed by atoms with Crippen molar-refractivity contribution < 1.29 is 18.0 Å². The predicted octanol–water partition coefficient (Wildman–Crippen LogP) is 2.60. The Bertz CT molecular complexity index is 466. The minimum Gasteiger partial charge on any atom is -0.384 e. The van der Waals surface area contributed by atoms with E-state index in [0.717, 1.165) is 6.42 Å². The average molecular weight is 307 g/mol. The normalized spacial score (nSPS) is 11.4. The van der Waals surface area contributed by atoms with E-state index >= 15 is 0 Å². The van der Waals surface area contributed by atoms with Crippen LogP contribution in [-0.4, -0.2) is 28.7 Å². The van der Waals surface area contributed by atoms with Crippen LogP contribution in [0.5, 0.6) is 0 Å². The highest BCUT2D eigenvalue weighted by Gasteiger charge is 2.27. The summed E-state index contributed by atoms with van der Waals surface area (Å²) in [5.41, 5.74) is 2.33. The number of nitrogens with one attached hydrogen (secondary N) is 1. The van der Waals surface area contributed by atoms with E-state index in [9.17, 15) is 18.0 Å². The van der Waals surface area contributed by atoms with Gasteiger partial charge in [0.15, 0.2) is 0 Å². The fourth-order valence-corrected chi connectivity index (χ4v) is 2.00. The van der Waals surface area contributed by atoms with E-state index in [2.05, 4.69) is 10.3 Å². The van der Waals surface area contributed by atoms with Crippen molar-refractivity contribution in [3.05, 3.63) is 23.4 Å². The van der Waals surface area contributed by atoms with Crippen LogP contribution in [0.1, 0.15) is 29.4 Å². The largest absolute Gasteiger partial charge is 0.441 e. The second kappa shape index (κ2) is 7.37. The second-order valence-electron chi connectivity index (χ2n) is 4.07. The Morgan fingerprint density at radius 1 is 1.45 bits per heavy atom. The molecule has 112 valence electrons. The molecule has 0 fully saturated rings. The van der Waals surface area contributed by atoms with Gasteiger partial charge < -0.3 is 11.1 Å². The zero-order valence-corrected chi connectivity index (χ0v) is 11.8. The smallest absolute Gasteiger partial charge is 0.384 e. The van der Waals surface area contributed by atoms with Gasteiger partial charge in [-0.25, -0.2) is 4.98 Å². The number of nitrogen functional groups attached to an aromatic ring is 1. The van der Waals surface area contributed by atoms with Gasteiger partial charge in [-0.3, -0.25) is 4.79 Å². The Kier molecular flexibility index (Phi) is 6.12. The highest BCUT2D eigenvalue weighted by Crippen LogP contribution is 2.29. The van der Waals surface area contributed by atoms with E-state index in [1.54, 1.807) is 6.07 Å². The average Bonchev–Trinajstić information content (AvgIpc) is 2.33. The van der Waals surface area contributed by atoms with Gasteiger partial charge in [0.25, 0.3) is 5.91 Å². The first kappa shape index (κ1) is 16.6. The van der Waals surface area contributed by atoms with Crippen molar-refractivity contribution in [2.45, 2.75) is 25.3 Å². The van der Waals surface area contributed by atoms with Crippen LogP contribution in [0.15, 0.2) is 12.1 Å². The number of halogens is 3. The minimum atomic E-state index is -4.28. The molecule has 20 heavy (non-hydrogen) atoms. The van der Waals surface area contributed by atoms with Crippen LogP contribution in [0, 0.1) is 0 Å². The molecule has 0 aliphatic rings. The molecular formula is C12H16F3N3OS. The maximum absolute atomic E-state index is 11.9. The Balaban J connectivity index is 2.55. The van der Waals surface area contributed by atoms with Gasteiger partial charge >= 0.3 is 5.51 Å². The number of aryl methyl sites for hydroxylation is 1. The van der Waals surface area contributed by atoms with E-state index in [1.807, 2.05) is 6.92 Å². The van der Waals surface area contributed by atoms with Crippen LogP contribution in [0.25, 0.3) is 0 Å². The third-order valence-electron chi connectivity index (χ3n) is 2.32. The number of hydrogen-bond acceptors (Lipinski definition) is 4. The summed E-state index contributed by atoms with van der Waals surface area (Å²) in [6.45, 7) is 1.91. The first-order valence-corrected chi connectivity index (χ1v) is 7.05. The summed E-state index contributed by atoms with van der Waals surface area (Å²) in [5.74, 6) is -0.442. The van der Waals surface area contributed by atoms with Crippen molar-refractivity contribution in [2.75, 3.05) is 18.0 Å². The first-order valence-electron chi connectivity index (χ1n) is 6.07. The number of aromatic nitrogens is 1. The molecule has 0 aromatic carbocycles. The molecular weight excluding hydrogens is 291 g/mol. The molecule has 4 nitrogen and oxygen atoms in total. The zero-order chi connectivity index (χ0) is 15.2. The van der Waals surface area contributed by atoms with Crippen LogP contribution in [-0.2, 0) is 6.42 Å². The van der Waals surface area contributed by atoms with Gasteiger partial charge in [0, 0.05) is 23.6 Å². The predicted molar refractivity (Wildman–Crippen MR) is 73.5 cm³/mol. The molecule has 1 heterocycles.